The SMILES string of the molecule is COc1ccc(-c2noc(N3CCC(C(=O)NCc4ccn(C(=O)c5ccc(C)cc5)c4)CC3)n2)cc1. The average Bonchev–Trinajstić information content (AvgIpc) is 3.62. The molecule has 0 bridgehead atoms. The van der Waals surface area contributed by atoms with E-state index in [1.165, 1.54) is 0 Å². The Kier molecular flexibility index (Phi) is 7.02. The van der Waals surface area contributed by atoms with Crippen LogP contribution in [-0.4, -0.2) is 46.7 Å². The van der Waals surface area contributed by atoms with Crippen LogP contribution in [0.15, 0.2) is 71.5 Å². The summed E-state index contributed by atoms with van der Waals surface area (Å²) in [6, 6.07) is 17.3. The highest BCUT2D eigenvalue weighted by Crippen LogP contribution is 2.26. The second-order valence-corrected chi connectivity index (χ2v) is 9.21. The van der Waals surface area contributed by atoms with Crippen LogP contribution in [0.4, 0.5) is 6.01 Å². The van der Waals surface area contributed by atoms with Crippen molar-refractivity contribution in [2.24, 2.45) is 5.92 Å². The normalized spacial score (nSPS) is 13.9. The molecule has 9 nitrogen and oxygen atoms in total. The van der Waals surface area contributed by atoms with E-state index in [2.05, 4.69) is 15.5 Å². The summed E-state index contributed by atoms with van der Waals surface area (Å²) >= 11 is 0. The Morgan fingerprint density at radius 1 is 1.05 bits per heavy atom. The summed E-state index contributed by atoms with van der Waals surface area (Å²) in [6.45, 7) is 3.68. The molecule has 3 heterocycles. The number of aryl methyl sites for hydroxylation is 1. The van der Waals surface area contributed by atoms with Crippen LogP contribution in [0.3, 0.4) is 0 Å². The first-order chi connectivity index (χ1) is 18.0. The molecule has 4 aromatic rings. The molecule has 1 N–H and O–H groups in total. The molecule has 1 amide bonds. The van der Waals surface area contributed by atoms with Crippen LogP contribution in [0, 0.1) is 12.8 Å². The van der Waals surface area contributed by atoms with Gasteiger partial charge in [-0.2, -0.15) is 4.98 Å². The molecule has 37 heavy (non-hydrogen) atoms. The summed E-state index contributed by atoms with van der Waals surface area (Å²) in [5.41, 5.74) is 3.46. The number of hydrogen-bond acceptors (Lipinski definition) is 7. The zero-order valence-electron chi connectivity index (χ0n) is 20.9. The Labute approximate surface area is 215 Å². The van der Waals surface area contributed by atoms with Gasteiger partial charge in [0, 0.05) is 49.1 Å². The van der Waals surface area contributed by atoms with Gasteiger partial charge in [0.25, 0.3) is 5.91 Å². The van der Waals surface area contributed by atoms with Crippen molar-refractivity contribution in [3.05, 3.63) is 83.7 Å². The van der Waals surface area contributed by atoms with E-state index in [9.17, 15) is 9.59 Å². The van der Waals surface area contributed by atoms with Gasteiger partial charge in [0.2, 0.25) is 11.7 Å². The highest BCUT2D eigenvalue weighted by molar-refractivity contribution is 5.96. The third-order valence-corrected chi connectivity index (χ3v) is 6.65. The molecule has 9 heteroatoms. The summed E-state index contributed by atoms with van der Waals surface area (Å²) < 4.78 is 12.2. The second kappa shape index (κ2) is 10.7. The molecule has 1 saturated heterocycles. The van der Waals surface area contributed by atoms with Gasteiger partial charge in [0.05, 0.1) is 7.11 Å². The van der Waals surface area contributed by atoms with Crippen molar-refractivity contribution in [1.82, 2.24) is 20.0 Å². The van der Waals surface area contributed by atoms with Gasteiger partial charge in [0.15, 0.2) is 0 Å². The van der Waals surface area contributed by atoms with Crippen molar-refractivity contribution in [3.8, 4) is 17.1 Å². The van der Waals surface area contributed by atoms with Crippen LogP contribution in [0.25, 0.3) is 11.4 Å². The molecule has 0 radical (unpaired) electrons. The summed E-state index contributed by atoms with van der Waals surface area (Å²) in [6.07, 6.45) is 4.88. The molecule has 0 saturated carbocycles. The molecule has 2 aromatic heterocycles. The van der Waals surface area contributed by atoms with Gasteiger partial charge >= 0.3 is 6.01 Å². The Morgan fingerprint density at radius 2 is 1.78 bits per heavy atom. The number of methoxy groups -OCH3 is 1. The molecule has 1 aliphatic heterocycles. The van der Waals surface area contributed by atoms with Crippen molar-refractivity contribution < 1.29 is 18.8 Å². The smallest absolute Gasteiger partial charge is 0.324 e. The Morgan fingerprint density at radius 3 is 2.49 bits per heavy atom. The van der Waals surface area contributed by atoms with Gasteiger partial charge in [-0.1, -0.05) is 22.9 Å². The minimum atomic E-state index is -0.0962. The number of piperidine rings is 1. The largest absolute Gasteiger partial charge is 0.497 e. The van der Waals surface area contributed by atoms with Crippen molar-refractivity contribution >= 4 is 17.8 Å². The van der Waals surface area contributed by atoms with Crippen LogP contribution >= 0.6 is 0 Å². The lowest BCUT2D eigenvalue weighted by Gasteiger charge is -2.29. The first kappa shape index (κ1) is 24.3. The maximum absolute atomic E-state index is 12.8. The Balaban J connectivity index is 1.11. The summed E-state index contributed by atoms with van der Waals surface area (Å²) in [7, 11) is 1.62. The number of carbonyl (C=O) groups excluding carboxylic acids is 2. The van der Waals surface area contributed by atoms with E-state index in [4.69, 9.17) is 9.26 Å². The van der Waals surface area contributed by atoms with E-state index in [0.717, 1.165) is 22.4 Å². The number of anilines is 1. The molecule has 1 fully saturated rings. The minimum Gasteiger partial charge on any atom is -0.497 e. The van der Waals surface area contributed by atoms with Crippen LogP contribution in [0.2, 0.25) is 0 Å². The molecule has 2 aromatic carbocycles. The number of nitrogens with zero attached hydrogens (tertiary/aromatic N) is 4. The third kappa shape index (κ3) is 5.55. The lowest BCUT2D eigenvalue weighted by molar-refractivity contribution is -0.125. The molecular weight excluding hydrogens is 470 g/mol. The number of nitrogens with one attached hydrogen (secondary N) is 1. The van der Waals surface area contributed by atoms with Crippen LogP contribution in [0.5, 0.6) is 5.75 Å². The van der Waals surface area contributed by atoms with E-state index >= 15 is 0 Å². The van der Waals surface area contributed by atoms with E-state index in [0.29, 0.717) is 49.9 Å². The highest BCUT2D eigenvalue weighted by Gasteiger charge is 2.27. The fourth-order valence-corrected chi connectivity index (χ4v) is 4.38. The minimum absolute atomic E-state index is 0.0155. The number of rotatable bonds is 7. The Hall–Kier alpha value is -4.40. The standard InChI is InChI=1S/C28H29N5O4/c1-19-3-5-23(6-4-19)27(35)33-14-11-20(18-33)17-29-26(34)22-12-15-32(16-13-22)28-30-25(31-37-28)21-7-9-24(36-2)10-8-21/h3-11,14,18,22H,12-13,15-17H2,1-2H3,(H,29,34). The van der Waals surface area contributed by atoms with Crippen LogP contribution < -0.4 is 15.0 Å². The first-order valence-corrected chi connectivity index (χ1v) is 12.3. The highest BCUT2D eigenvalue weighted by atomic mass is 16.5. The maximum Gasteiger partial charge on any atom is 0.324 e. The van der Waals surface area contributed by atoms with E-state index < -0.39 is 0 Å². The van der Waals surface area contributed by atoms with Crippen LogP contribution in [0.1, 0.15) is 34.3 Å². The first-order valence-electron chi connectivity index (χ1n) is 12.3. The molecule has 0 unspecified atom stereocenters. The van der Waals surface area contributed by atoms with E-state index in [1.54, 1.807) is 24.1 Å². The van der Waals surface area contributed by atoms with Gasteiger partial charge in [-0.15, -0.1) is 0 Å². The number of benzene rings is 2. The quantitative estimate of drug-likeness (QED) is 0.409. The predicted octanol–water partition coefficient (Wildman–Crippen LogP) is 4.08. The molecule has 190 valence electrons. The number of ether oxygens (including phenoxy) is 1. The van der Waals surface area contributed by atoms with Gasteiger partial charge in [-0.25, -0.2) is 0 Å². The summed E-state index contributed by atoms with van der Waals surface area (Å²) in [4.78, 5) is 32.0. The van der Waals surface area contributed by atoms with Crippen molar-refractivity contribution in [3.63, 3.8) is 0 Å². The van der Waals surface area contributed by atoms with Gasteiger partial charge in [-0.05, 0) is 67.8 Å². The molecule has 1 aliphatic rings. The predicted molar refractivity (Wildman–Crippen MR) is 138 cm³/mol. The number of amides is 1. The monoisotopic (exact) mass is 499 g/mol. The number of aromatic nitrogens is 3. The topological polar surface area (TPSA) is 102 Å². The van der Waals surface area contributed by atoms with Crippen LogP contribution in [-0.2, 0) is 11.3 Å². The lowest BCUT2D eigenvalue weighted by Crippen LogP contribution is -2.40. The fourth-order valence-electron chi connectivity index (χ4n) is 4.38. The molecule has 0 atom stereocenters. The zero-order chi connectivity index (χ0) is 25.8. The maximum atomic E-state index is 12.8. The number of carbonyl (C=O) groups is 2. The van der Waals surface area contributed by atoms with E-state index in [1.807, 2.05) is 66.4 Å². The Bertz CT molecular complexity index is 1370. The van der Waals surface area contributed by atoms with Crippen molar-refractivity contribution in [2.45, 2.75) is 26.3 Å². The van der Waals surface area contributed by atoms with Crippen molar-refractivity contribution in [1.29, 1.82) is 0 Å². The van der Waals surface area contributed by atoms with Crippen molar-refractivity contribution in [2.75, 3.05) is 25.1 Å². The molecule has 0 aliphatic carbocycles. The third-order valence-electron chi connectivity index (χ3n) is 6.65. The second-order valence-electron chi connectivity index (χ2n) is 9.21. The number of hydrogen-bond donors (Lipinski definition) is 1. The summed E-state index contributed by atoms with van der Waals surface area (Å²) in [5.74, 6) is 1.12. The van der Waals surface area contributed by atoms with Gasteiger partial charge < -0.3 is 19.5 Å². The molecule has 5 rings (SSSR count). The van der Waals surface area contributed by atoms with Gasteiger partial charge in [0.1, 0.15) is 5.75 Å². The molecular formula is C28H29N5O4. The average molecular weight is 500 g/mol. The van der Waals surface area contributed by atoms with E-state index in [-0.39, 0.29) is 17.7 Å². The van der Waals surface area contributed by atoms with Gasteiger partial charge in [-0.3, -0.25) is 14.2 Å². The lowest BCUT2D eigenvalue weighted by atomic mass is 9.96. The fraction of sp³-hybridized carbons (Fsp3) is 0.286. The summed E-state index contributed by atoms with van der Waals surface area (Å²) in [5, 5.41) is 7.11. The zero-order valence-corrected chi connectivity index (χ0v) is 20.9. The molecule has 0 spiro atoms.